The molecule has 0 aliphatic heterocycles. The van der Waals surface area contributed by atoms with Crippen molar-refractivity contribution in [2.75, 3.05) is 49.3 Å². The van der Waals surface area contributed by atoms with Crippen LogP contribution in [0, 0.1) is 0 Å². The molecular formula is C40H89O4P3. The molecule has 0 spiro atoms. The molecule has 0 aliphatic carbocycles. The van der Waals surface area contributed by atoms with E-state index in [0.29, 0.717) is 0 Å². The summed E-state index contributed by atoms with van der Waals surface area (Å²) < 4.78 is 8.55. The molecule has 0 saturated carbocycles. The van der Waals surface area contributed by atoms with Crippen LogP contribution in [0.1, 0.15) is 211 Å². The Balaban J connectivity index is -0.000000346. The average Bonchev–Trinajstić information content (AvgIpc) is 3.05. The number of rotatable bonds is 32. The van der Waals surface area contributed by atoms with E-state index in [1.807, 2.05) is 0 Å². The van der Waals surface area contributed by atoms with Gasteiger partial charge in [-0.15, -0.1) is 0 Å². The second-order valence-electron chi connectivity index (χ2n) is 14.4. The van der Waals surface area contributed by atoms with Crippen LogP contribution in [0.5, 0.6) is 0 Å². The van der Waals surface area contributed by atoms with Gasteiger partial charge >= 0.3 is 1.43 Å². The molecule has 0 bridgehead atoms. The van der Waals surface area contributed by atoms with E-state index in [9.17, 15) is 0 Å². The van der Waals surface area contributed by atoms with Crippen LogP contribution >= 0.6 is 22.3 Å². The van der Waals surface area contributed by atoms with Crippen molar-refractivity contribution >= 4 is 22.3 Å². The Morgan fingerprint density at radius 3 is 0.638 bits per heavy atom. The number of unbranched alkanes of at least 4 members (excludes halogenated alkanes) is 20. The first-order valence-electron chi connectivity index (χ1n) is 20.9. The zero-order valence-corrected chi connectivity index (χ0v) is 36.3. The lowest BCUT2D eigenvalue weighted by Gasteiger charge is -2.36. The molecule has 7 heteroatoms. The highest BCUT2D eigenvalue weighted by atomic mass is 31.2. The van der Waals surface area contributed by atoms with Crippen molar-refractivity contribution in [1.29, 1.82) is 0 Å². The molecule has 0 atom stereocenters. The van der Waals surface area contributed by atoms with Gasteiger partial charge in [-0.25, -0.2) is 0 Å². The Hall–Kier alpha value is 0.970. The Morgan fingerprint density at radius 1 is 0.340 bits per heavy atom. The Morgan fingerprint density at radius 2 is 0.489 bits per heavy atom. The van der Waals surface area contributed by atoms with Crippen LogP contribution in [0.3, 0.4) is 0 Å². The molecule has 0 aromatic carbocycles. The Labute approximate surface area is 301 Å². The molecule has 0 radical (unpaired) electrons. The monoisotopic (exact) mass is 727 g/mol. The third-order valence-corrected chi connectivity index (χ3v) is 21.1. The summed E-state index contributed by atoms with van der Waals surface area (Å²) in [6.07, 6.45) is 47.6. The maximum absolute atomic E-state index is 8.55. The van der Waals surface area contributed by atoms with E-state index in [1.165, 1.54) is 179 Å². The smallest absolute Gasteiger partial charge is 0.822 e. The van der Waals surface area contributed by atoms with Crippen LogP contribution in [0.15, 0.2) is 0 Å². The molecular weight excluding hydrogens is 637 g/mol. The van der Waals surface area contributed by atoms with Crippen molar-refractivity contribution in [3.63, 3.8) is 0 Å². The number of hydrogen-bond donors (Lipinski definition) is 0. The van der Waals surface area contributed by atoms with Gasteiger partial charge in [-0.1, -0.05) is 130 Å². The van der Waals surface area contributed by atoms with E-state index in [0.717, 1.165) is 0 Å². The van der Waals surface area contributed by atoms with Crippen LogP contribution in [-0.4, -0.2) is 49.3 Å². The summed E-state index contributed by atoms with van der Waals surface area (Å²) in [7, 11) is -6.53. The maximum atomic E-state index is 8.55. The van der Waals surface area contributed by atoms with Crippen LogP contribution in [0.25, 0.3) is 0 Å². The molecule has 0 unspecified atom stereocenters. The molecule has 288 valence electrons. The highest BCUT2D eigenvalue weighted by molar-refractivity contribution is 7.76. The Kier molecular flexibility index (Phi) is 42.5. The zero-order valence-electron chi connectivity index (χ0n) is 34.6. The lowest BCUT2D eigenvalue weighted by Crippen LogP contribution is -2.24. The second kappa shape index (κ2) is 38.2. The van der Waals surface area contributed by atoms with Crippen LogP contribution in [0.2, 0.25) is 0 Å². The molecule has 0 amide bonds. The lowest BCUT2D eigenvalue weighted by molar-refractivity contribution is -0.432. The van der Waals surface area contributed by atoms with Gasteiger partial charge in [0, 0.05) is 14.5 Å². The van der Waals surface area contributed by atoms with Crippen LogP contribution in [0.4, 0.5) is 0 Å². The Bertz CT molecular complexity index is 552. The first-order chi connectivity index (χ1) is 22.5. The first kappa shape index (κ1) is 52.3. The summed E-state index contributed by atoms with van der Waals surface area (Å²) in [5.74, 6) is 0. The van der Waals surface area contributed by atoms with Crippen molar-refractivity contribution in [2.24, 2.45) is 0 Å². The second-order valence-corrected chi connectivity index (χ2v) is 24.9. The van der Waals surface area contributed by atoms with E-state index in [1.54, 1.807) is 24.6 Å². The number of phosphoric acid groups is 1. The van der Waals surface area contributed by atoms with Gasteiger partial charge in [0.15, 0.2) is 0 Å². The van der Waals surface area contributed by atoms with E-state index >= 15 is 0 Å². The lowest BCUT2D eigenvalue weighted by atomic mass is 10.1. The van der Waals surface area contributed by atoms with Crippen molar-refractivity contribution in [3.05, 3.63) is 0 Å². The van der Waals surface area contributed by atoms with Gasteiger partial charge in [-0.2, -0.15) is 7.82 Å². The fraction of sp³-hybridized carbons (Fsp3) is 1.00. The third-order valence-electron chi connectivity index (χ3n) is 10.6. The summed E-state index contributed by atoms with van der Waals surface area (Å²) in [5.41, 5.74) is 0. The van der Waals surface area contributed by atoms with Gasteiger partial charge in [0.2, 0.25) is 0 Å². The van der Waals surface area contributed by atoms with Gasteiger partial charge in [-0.3, -0.25) is 0 Å². The predicted octanol–water partition coefficient (Wildman–Crippen LogP) is 12.8. The van der Waals surface area contributed by atoms with Crippen LogP contribution in [-0.2, 0) is 4.57 Å². The highest BCUT2D eigenvalue weighted by Gasteiger charge is 2.32. The molecule has 0 rings (SSSR count). The van der Waals surface area contributed by atoms with Gasteiger partial charge < -0.3 is 19.2 Å². The molecule has 0 aliphatic rings. The minimum atomic E-state index is -5.39. The third kappa shape index (κ3) is 39.6. The molecule has 0 heterocycles. The van der Waals surface area contributed by atoms with E-state index in [-0.39, 0.29) is 1.43 Å². The molecule has 0 aromatic rings. The van der Waals surface area contributed by atoms with Gasteiger partial charge in [0.05, 0.1) is 49.3 Å². The minimum Gasteiger partial charge on any atom is -0.822 e. The fourth-order valence-electron chi connectivity index (χ4n) is 6.85. The maximum Gasteiger partial charge on any atom is 1.00 e. The van der Waals surface area contributed by atoms with E-state index < -0.39 is 22.3 Å². The summed E-state index contributed by atoms with van der Waals surface area (Å²) in [5, 5.41) is 0. The van der Waals surface area contributed by atoms with Crippen molar-refractivity contribution in [1.82, 2.24) is 0 Å². The standard InChI is InChI=1S/2C20H44P.H3O4P/c2*1-5-9-11-13-15-17-19-21(7-3,8-4)20-18-16-14-12-10-6-2;1-5(2,3)4/h2*5-20H2,1-4H3;(H3,1,2,3,4)/q2*+1;/p-2. The fourth-order valence-corrected chi connectivity index (χ4v) is 14.3. The molecule has 4 nitrogen and oxygen atoms in total. The summed E-state index contributed by atoms with van der Waals surface area (Å²) in [6.45, 7) is 19.2. The van der Waals surface area contributed by atoms with Gasteiger partial charge in [0.1, 0.15) is 0 Å². The zero-order chi connectivity index (χ0) is 36.1. The number of hydrogen-bond acceptors (Lipinski definition) is 4. The summed E-state index contributed by atoms with van der Waals surface area (Å²) >= 11 is 0. The molecule has 47 heavy (non-hydrogen) atoms. The van der Waals surface area contributed by atoms with Gasteiger partial charge in [-0.05, 0) is 79.1 Å². The quantitative estimate of drug-likeness (QED) is 0.0510. The summed E-state index contributed by atoms with van der Waals surface area (Å²) in [4.78, 5) is 25.6. The first-order valence-corrected chi connectivity index (χ1v) is 27.4. The topological polar surface area (TPSA) is 86.2 Å². The van der Waals surface area contributed by atoms with E-state index in [2.05, 4.69) is 55.4 Å². The van der Waals surface area contributed by atoms with E-state index in [4.69, 9.17) is 19.2 Å². The van der Waals surface area contributed by atoms with Crippen molar-refractivity contribution in [2.45, 2.75) is 209 Å². The summed E-state index contributed by atoms with van der Waals surface area (Å²) in [6, 6.07) is 0. The molecule has 0 saturated heterocycles. The van der Waals surface area contributed by atoms with Crippen molar-refractivity contribution in [3.8, 4) is 0 Å². The molecule has 0 N–H and O–H groups in total. The average molecular weight is 727 g/mol. The normalized spacial score (nSPS) is 12.0. The van der Waals surface area contributed by atoms with Crippen molar-refractivity contribution < 1.29 is 20.7 Å². The minimum absolute atomic E-state index is 0. The SMILES string of the molecule is CCCCCCCC[P+](CC)(CC)CCCCCCCC.CCCCCCCC[P+](CC)(CC)CCCCCCCC.O=P([O-])([O-])[O-].[H+]. The molecule has 0 aromatic heterocycles. The molecule has 0 fully saturated rings. The highest BCUT2D eigenvalue weighted by Crippen LogP contribution is 2.60. The largest absolute Gasteiger partial charge is 1.00 e. The van der Waals surface area contributed by atoms with Gasteiger partial charge in [0.25, 0.3) is 0 Å². The predicted molar refractivity (Wildman–Crippen MR) is 218 cm³/mol. The van der Waals surface area contributed by atoms with Crippen LogP contribution < -0.4 is 14.7 Å².